The van der Waals surface area contributed by atoms with Gasteiger partial charge in [0.25, 0.3) is 0 Å². The minimum absolute atomic E-state index is 0.106. The Balaban J connectivity index is 2.45. The fraction of sp³-hybridized carbons (Fsp3) is 0.800. The smallest absolute Gasteiger partial charge is 0.0579 e. The molecule has 0 aromatic carbocycles. The van der Waals surface area contributed by atoms with Gasteiger partial charge in [-0.2, -0.15) is 0 Å². The van der Waals surface area contributed by atoms with E-state index >= 15 is 0 Å². The molecule has 2 rings (SSSR count). The first-order chi connectivity index (χ1) is 5.79. The van der Waals surface area contributed by atoms with Crippen LogP contribution in [0.2, 0.25) is 0 Å². The largest absolute Gasteiger partial charge is 0.0816 e. The second-order valence-corrected chi connectivity index (χ2v) is 3.94. The van der Waals surface area contributed by atoms with Crippen LogP contribution >= 0.6 is 0 Å². The summed E-state index contributed by atoms with van der Waals surface area (Å²) in [5, 5.41) is 0. The normalized spacial score (nSPS) is 62.1. The molecule has 0 heteroatoms. The van der Waals surface area contributed by atoms with Crippen molar-refractivity contribution >= 4 is 0 Å². The summed E-state index contributed by atoms with van der Waals surface area (Å²) >= 11 is 0. The molecule has 1 fully saturated rings. The molecule has 0 aromatic heterocycles. The quantitative estimate of drug-likeness (QED) is 0.452. The Morgan fingerprint density at radius 3 is 3.30 bits per heavy atom. The van der Waals surface area contributed by atoms with Crippen molar-refractivity contribution in [2.24, 2.45) is 17.2 Å². The highest BCUT2D eigenvalue weighted by Crippen LogP contribution is 2.62. The van der Waals surface area contributed by atoms with E-state index in [4.69, 9.17) is 4.11 Å². The van der Waals surface area contributed by atoms with Crippen LogP contribution in [0.25, 0.3) is 0 Å². The van der Waals surface area contributed by atoms with Gasteiger partial charge in [-0.05, 0) is 30.0 Å². The monoisotopic (exact) mass is 139 g/mol. The standard InChI is InChI=1S/C10H16/c1-7-4-5-8-9(6-7)10(8,2)3/h6-8H,4-5H2,1-3H3/i4D,6D,7D. The Hall–Kier alpha value is -0.260. The molecule has 2 aliphatic carbocycles. The molecular formula is C10H16. The lowest BCUT2D eigenvalue weighted by molar-refractivity contribution is 0.488. The van der Waals surface area contributed by atoms with Gasteiger partial charge in [-0.3, -0.25) is 0 Å². The van der Waals surface area contributed by atoms with Crippen molar-refractivity contribution in [3.05, 3.63) is 11.6 Å². The summed E-state index contributed by atoms with van der Waals surface area (Å²) in [5.41, 5.74) is 1.24. The molecule has 3 unspecified atom stereocenters. The van der Waals surface area contributed by atoms with Crippen LogP contribution in [0.5, 0.6) is 0 Å². The number of rotatable bonds is 0. The van der Waals surface area contributed by atoms with Crippen LogP contribution in [0.1, 0.15) is 37.7 Å². The van der Waals surface area contributed by atoms with Gasteiger partial charge in [0.05, 0.1) is 1.37 Å². The number of hydrogen-bond acceptors (Lipinski definition) is 0. The maximum absolute atomic E-state index is 7.94. The molecule has 0 spiro atoms. The molecular weight excluding hydrogens is 120 g/mol. The molecule has 0 heterocycles. The number of fused-ring (bicyclic) bond motifs is 1. The van der Waals surface area contributed by atoms with Crippen molar-refractivity contribution in [2.75, 3.05) is 0 Å². The van der Waals surface area contributed by atoms with E-state index in [1.54, 1.807) is 6.92 Å². The fourth-order valence-corrected chi connectivity index (χ4v) is 1.86. The highest BCUT2D eigenvalue weighted by atomic mass is 14.6. The van der Waals surface area contributed by atoms with Gasteiger partial charge in [-0.25, -0.2) is 0 Å². The third-order valence-corrected chi connectivity index (χ3v) is 2.82. The molecule has 0 N–H and O–H groups in total. The van der Waals surface area contributed by atoms with Crippen LogP contribution in [-0.4, -0.2) is 0 Å². The van der Waals surface area contributed by atoms with E-state index < -0.39 is 12.3 Å². The van der Waals surface area contributed by atoms with Crippen molar-refractivity contribution in [2.45, 2.75) is 33.6 Å². The van der Waals surface area contributed by atoms with E-state index in [-0.39, 0.29) is 5.41 Å². The van der Waals surface area contributed by atoms with E-state index in [0.29, 0.717) is 12.0 Å². The van der Waals surface area contributed by atoms with Gasteiger partial charge in [0.15, 0.2) is 0 Å². The predicted molar refractivity (Wildman–Crippen MR) is 43.8 cm³/mol. The van der Waals surface area contributed by atoms with Crippen molar-refractivity contribution in [1.82, 2.24) is 0 Å². The van der Waals surface area contributed by atoms with E-state index in [1.165, 1.54) is 0 Å². The zero-order valence-corrected chi connectivity index (χ0v) is 6.86. The predicted octanol–water partition coefficient (Wildman–Crippen LogP) is 3.00. The molecule has 2 aliphatic rings. The number of allylic oxidation sites excluding steroid dienone is 2. The van der Waals surface area contributed by atoms with Gasteiger partial charge in [0.2, 0.25) is 0 Å². The van der Waals surface area contributed by atoms with Crippen LogP contribution < -0.4 is 0 Å². The van der Waals surface area contributed by atoms with Crippen molar-refractivity contribution in [3.8, 4) is 0 Å². The fourth-order valence-electron chi connectivity index (χ4n) is 1.86. The second kappa shape index (κ2) is 1.66. The van der Waals surface area contributed by atoms with Crippen molar-refractivity contribution < 1.29 is 4.11 Å². The molecule has 3 atom stereocenters. The van der Waals surface area contributed by atoms with Gasteiger partial charge < -0.3 is 0 Å². The first kappa shape index (κ1) is 3.94. The lowest BCUT2D eigenvalue weighted by atomic mass is 9.98. The third kappa shape index (κ3) is 0.680. The third-order valence-electron chi connectivity index (χ3n) is 2.82. The van der Waals surface area contributed by atoms with Crippen LogP contribution in [0.4, 0.5) is 0 Å². The average Bonchev–Trinajstić information content (AvgIpc) is 2.50. The summed E-state index contributed by atoms with van der Waals surface area (Å²) in [5.74, 6) is -0.555. The van der Waals surface area contributed by atoms with Crippen molar-refractivity contribution in [1.29, 1.82) is 0 Å². The minimum Gasteiger partial charge on any atom is -0.0816 e. The number of hydrogen-bond donors (Lipinski definition) is 0. The lowest BCUT2D eigenvalue weighted by Crippen LogP contribution is -1.95. The summed E-state index contributed by atoms with van der Waals surface area (Å²) in [7, 11) is 0. The van der Waals surface area contributed by atoms with E-state index in [1.807, 2.05) is 0 Å². The average molecular weight is 139 g/mol. The first-order valence-electron chi connectivity index (χ1n) is 5.51. The van der Waals surface area contributed by atoms with Gasteiger partial charge in [-0.15, -0.1) is 0 Å². The second-order valence-electron chi connectivity index (χ2n) is 3.94. The van der Waals surface area contributed by atoms with Crippen LogP contribution in [0, 0.1) is 17.2 Å². The molecule has 0 nitrogen and oxygen atoms in total. The first-order valence-corrected chi connectivity index (χ1v) is 3.93. The van der Waals surface area contributed by atoms with Gasteiger partial charge in [-0.1, -0.05) is 32.4 Å². The molecule has 0 bridgehead atoms. The van der Waals surface area contributed by atoms with Gasteiger partial charge in [0.1, 0.15) is 0 Å². The molecule has 1 saturated carbocycles. The molecule has 0 saturated heterocycles. The molecule has 56 valence electrons. The van der Waals surface area contributed by atoms with E-state index in [2.05, 4.69) is 13.8 Å². The molecule has 0 amide bonds. The molecule has 0 radical (unpaired) electrons. The Kier molecular flexibility index (Phi) is 0.656. The summed E-state index contributed by atoms with van der Waals surface area (Å²) < 4.78 is 23.6. The maximum Gasteiger partial charge on any atom is 0.0579 e. The van der Waals surface area contributed by atoms with Crippen molar-refractivity contribution in [3.63, 3.8) is 0 Å². The zero-order chi connectivity index (χ0) is 10.0. The summed E-state index contributed by atoms with van der Waals surface area (Å²) in [6.07, 6.45) is 0.348. The molecule has 10 heavy (non-hydrogen) atoms. The van der Waals surface area contributed by atoms with Crippen LogP contribution in [-0.2, 0) is 0 Å². The highest BCUT2D eigenvalue weighted by Gasteiger charge is 2.52. The van der Waals surface area contributed by atoms with E-state index in [0.717, 1.165) is 12.0 Å². The molecule has 0 aromatic rings. The summed E-state index contributed by atoms with van der Waals surface area (Å²) in [6.45, 7) is 5.94. The summed E-state index contributed by atoms with van der Waals surface area (Å²) in [6, 6.07) is 0.411. The zero-order valence-electron chi connectivity index (χ0n) is 9.86. The van der Waals surface area contributed by atoms with Gasteiger partial charge >= 0.3 is 0 Å². The minimum atomic E-state index is -0.973. The van der Waals surface area contributed by atoms with Crippen LogP contribution in [0.3, 0.4) is 0 Å². The van der Waals surface area contributed by atoms with Crippen LogP contribution in [0.15, 0.2) is 11.6 Å². The molecule has 0 aliphatic heterocycles. The Bertz CT molecular complexity index is 289. The Morgan fingerprint density at radius 1 is 1.90 bits per heavy atom. The Morgan fingerprint density at radius 2 is 2.60 bits per heavy atom. The SMILES string of the molecule is [2H]C1=C2C(CC([2H])C1([2H])C)C2(C)C. The maximum atomic E-state index is 7.94. The van der Waals surface area contributed by atoms with Gasteiger partial charge in [0, 0.05) is 2.74 Å². The lowest BCUT2D eigenvalue weighted by Gasteiger charge is -2.08. The van der Waals surface area contributed by atoms with E-state index in [9.17, 15) is 0 Å². The summed E-state index contributed by atoms with van der Waals surface area (Å²) in [4.78, 5) is 0. The Labute approximate surface area is 67.5 Å². The highest BCUT2D eigenvalue weighted by molar-refractivity contribution is 5.37. The topological polar surface area (TPSA) is 0 Å².